The number of anilines is 1. The van der Waals surface area contributed by atoms with Crippen molar-refractivity contribution in [3.05, 3.63) is 29.8 Å². The summed E-state index contributed by atoms with van der Waals surface area (Å²) >= 11 is 0. The molecule has 18 heavy (non-hydrogen) atoms. The quantitative estimate of drug-likeness (QED) is 0.746. The Bertz CT molecular complexity index is 415. The van der Waals surface area contributed by atoms with E-state index in [2.05, 4.69) is 10.2 Å². The maximum absolute atomic E-state index is 11.7. The Hall–Kier alpha value is -1.55. The molecule has 4 heteroatoms. The minimum absolute atomic E-state index is 0.0962. The highest BCUT2D eigenvalue weighted by atomic mass is 16.2. The molecule has 0 aliphatic heterocycles. The molecule has 0 unspecified atom stereocenters. The summed E-state index contributed by atoms with van der Waals surface area (Å²) in [7, 11) is 0. The van der Waals surface area contributed by atoms with Crippen LogP contribution in [0.3, 0.4) is 0 Å². The molecule has 1 amide bonds. The number of para-hydroxylation sites is 1. The predicted molar refractivity (Wildman–Crippen MR) is 73.0 cm³/mol. The number of rotatable bonds is 6. The van der Waals surface area contributed by atoms with Gasteiger partial charge in [-0.05, 0) is 31.4 Å². The Morgan fingerprint density at radius 3 is 2.78 bits per heavy atom. The third-order valence-corrected chi connectivity index (χ3v) is 3.21. The van der Waals surface area contributed by atoms with Crippen molar-refractivity contribution in [3.63, 3.8) is 0 Å². The van der Waals surface area contributed by atoms with Gasteiger partial charge in [0.1, 0.15) is 0 Å². The number of hydrogen-bond donors (Lipinski definition) is 2. The fourth-order valence-corrected chi connectivity index (χ4v) is 2.09. The highest BCUT2D eigenvalue weighted by molar-refractivity contribution is 5.78. The van der Waals surface area contributed by atoms with Crippen molar-refractivity contribution in [3.8, 4) is 0 Å². The van der Waals surface area contributed by atoms with Crippen LogP contribution in [-0.2, 0) is 11.3 Å². The van der Waals surface area contributed by atoms with Crippen molar-refractivity contribution < 1.29 is 4.79 Å². The van der Waals surface area contributed by atoms with E-state index in [1.54, 1.807) is 0 Å². The lowest BCUT2D eigenvalue weighted by molar-refractivity contribution is -0.122. The first-order chi connectivity index (χ1) is 8.70. The van der Waals surface area contributed by atoms with E-state index in [0.29, 0.717) is 19.1 Å². The molecule has 0 spiro atoms. The topological polar surface area (TPSA) is 58.4 Å². The van der Waals surface area contributed by atoms with Crippen LogP contribution in [0.1, 0.15) is 25.3 Å². The summed E-state index contributed by atoms with van der Waals surface area (Å²) in [5.74, 6) is 0.0962. The van der Waals surface area contributed by atoms with Gasteiger partial charge >= 0.3 is 0 Å². The number of hydrogen-bond acceptors (Lipinski definition) is 3. The molecule has 0 saturated heterocycles. The van der Waals surface area contributed by atoms with Crippen LogP contribution in [0.25, 0.3) is 0 Å². The van der Waals surface area contributed by atoms with E-state index in [1.807, 2.05) is 31.2 Å². The van der Waals surface area contributed by atoms with Crippen LogP contribution >= 0.6 is 0 Å². The van der Waals surface area contributed by atoms with Gasteiger partial charge < -0.3 is 11.1 Å². The van der Waals surface area contributed by atoms with Gasteiger partial charge in [0.05, 0.1) is 6.54 Å². The van der Waals surface area contributed by atoms with Crippen LogP contribution in [0.4, 0.5) is 5.69 Å². The summed E-state index contributed by atoms with van der Waals surface area (Å²) in [6.45, 7) is 3.85. The largest absolute Gasteiger partial charge is 0.398 e. The van der Waals surface area contributed by atoms with E-state index in [9.17, 15) is 4.79 Å². The normalized spacial score (nSPS) is 14.8. The molecule has 1 saturated carbocycles. The van der Waals surface area contributed by atoms with Crippen LogP contribution < -0.4 is 11.1 Å². The third kappa shape index (κ3) is 3.47. The van der Waals surface area contributed by atoms with E-state index < -0.39 is 0 Å². The van der Waals surface area contributed by atoms with Crippen molar-refractivity contribution in [1.29, 1.82) is 0 Å². The number of benzene rings is 1. The first-order valence-corrected chi connectivity index (χ1v) is 6.55. The predicted octanol–water partition coefficient (Wildman–Crippen LogP) is 1.37. The Morgan fingerprint density at radius 2 is 2.17 bits per heavy atom. The highest BCUT2D eigenvalue weighted by Gasteiger charge is 2.30. The van der Waals surface area contributed by atoms with E-state index in [-0.39, 0.29) is 5.91 Å². The van der Waals surface area contributed by atoms with Crippen LogP contribution in [0.2, 0.25) is 0 Å². The summed E-state index contributed by atoms with van der Waals surface area (Å²) in [6, 6.07) is 8.41. The molecule has 1 aliphatic rings. The highest BCUT2D eigenvalue weighted by Crippen LogP contribution is 2.28. The van der Waals surface area contributed by atoms with Crippen molar-refractivity contribution in [2.75, 3.05) is 18.8 Å². The van der Waals surface area contributed by atoms with Gasteiger partial charge in [0.25, 0.3) is 0 Å². The van der Waals surface area contributed by atoms with Gasteiger partial charge in [0.2, 0.25) is 5.91 Å². The fraction of sp³-hybridized carbons (Fsp3) is 0.500. The fourth-order valence-electron chi connectivity index (χ4n) is 2.09. The van der Waals surface area contributed by atoms with Gasteiger partial charge in [0, 0.05) is 24.8 Å². The molecule has 0 heterocycles. The van der Waals surface area contributed by atoms with E-state index in [1.165, 1.54) is 12.8 Å². The average molecular weight is 247 g/mol. The summed E-state index contributed by atoms with van der Waals surface area (Å²) in [5, 5.41) is 2.85. The van der Waals surface area contributed by atoms with Crippen LogP contribution in [0.5, 0.6) is 0 Å². The lowest BCUT2D eigenvalue weighted by atomic mass is 10.1. The SMILES string of the molecule is CCNC(=O)CN(Cc1ccccc1N)C1CC1. The second-order valence-corrected chi connectivity index (χ2v) is 4.79. The van der Waals surface area contributed by atoms with Gasteiger partial charge in [-0.25, -0.2) is 0 Å². The molecular formula is C14H21N3O. The monoisotopic (exact) mass is 247 g/mol. The van der Waals surface area contributed by atoms with Gasteiger partial charge in [-0.1, -0.05) is 18.2 Å². The van der Waals surface area contributed by atoms with Gasteiger partial charge in [-0.3, -0.25) is 9.69 Å². The number of likely N-dealkylation sites (N-methyl/N-ethyl adjacent to an activating group) is 1. The maximum Gasteiger partial charge on any atom is 0.234 e. The molecule has 0 bridgehead atoms. The van der Waals surface area contributed by atoms with Gasteiger partial charge in [-0.2, -0.15) is 0 Å². The van der Waals surface area contributed by atoms with E-state index in [0.717, 1.165) is 17.8 Å². The van der Waals surface area contributed by atoms with Crippen molar-refractivity contribution in [2.45, 2.75) is 32.4 Å². The number of nitrogens with zero attached hydrogens (tertiary/aromatic N) is 1. The van der Waals surface area contributed by atoms with Gasteiger partial charge in [0.15, 0.2) is 0 Å². The molecule has 1 aromatic carbocycles. The van der Waals surface area contributed by atoms with Crippen LogP contribution in [0.15, 0.2) is 24.3 Å². The maximum atomic E-state index is 11.7. The lowest BCUT2D eigenvalue weighted by Crippen LogP contribution is -2.38. The first-order valence-electron chi connectivity index (χ1n) is 6.55. The second-order valence-electron chi connectivity index (χ2n) is 4.79. The molecule has 1 aromatic rings. The van der Waals surface area contributed by atoms with Crippen molar-refractivity contribution in [1.82, 2.24) is 10.2 Å². The number of carbonyl (C=O) groups excluding carboxylic acids is 1. The Morgan fingerprint density at radius 1 is 1.44 bits per heavy atom. The van der Waals surface area contributed by atoms with Crippen molar-refractivity contribution >= 4 is 11.6 Å². The molecule has 0 aromatic heterocycles. The number of nitrogens with two attached hydrogens (primary N) is 1. The standard InChI is InChI=1S/C14H21N3O/c1-2-16-14(18)10-17(12-7-8-12)9-11-5-3-4-6-13(11)15/h3-6,12H,2,7-10,15H2,1H3,(H,16,18). The Labute approximate surface area is 108 Å². The smallest absolute Gasteiger partial charge is 0.234 e. The number of amides is 1. The third-order valence-electron chi connectivity index (χ3n) is 3.21. The molecule has 98 valence electrons. The first kappa shape index (κ1) is 12.9. The van der Waals surface area contributed by atoms with Gasteiger partial charge in [-0.15, -0.1) is 0 Å². The Balaban J connectivity index is 1.98. The number of carbonyl (C=O) groups is 1. The lowest BCUT2D eigenvalue weighted by Gasteiger charge is -2.22. The minimum Gasteiger partial charge on any atom is -0.398 e. The van der Waals surface area contributed by atoms with E-state index >= 15 is 0 Å². The summed E-state index contributed by atoms with van der Waals surface area (Å²) in [4.78, 5) is 13.9. The molecule has 0 atom stereocenters. The number of nitrogen functional groups attached to an aromatic ring is 1. The minimum atomic E-state index is 0.0962. The molecule has 3 N–H and O–H groups in total. The van der Waals surface area contributed by atoms with E-state index in [4.69, 9.17) is 5.73 Å². The zero-order valence-electron chi connectivity index (χ0n) is 10.9. The Kier molecular flexibility index (Phi) is 4.20. The summed E-state index contributed by atoms with van der Waals surface area (Å²) in [6.07, 6.45) is 2.37. The van der Waals surface area contributed by atoms with Crippen LogP contribution in [0, 0.1) is 0 Å². The average Bonchev–Trinajstić information content (AvgIpc) is 3.15. The van der Waals surface area contributed by atoms with Crippen LogP contribution in [-0.4, -0.2) is 29.9 Å². The molecule has 1 fully saturated rings. The zero-order chi connectivity index (χ0) is 13.0. The molecule has 2 rings (SSSR count). The summed E-state index contributed by atoms with van der Waals surface area (Å²) in [5.41, 5.74) is 7.86. The summed E-state index contributed by atoms with van der Waals surface area (Å²) < 4.78 is 0. The van der Waals surface area contributed by atoms with Crippen molar-refractivity contribution in [2.24, 2.45) is 0 Å². The molecule has 1 aliphatic carbocycles. The number of nitrogens with one attached hydrogen (secondary N) is 1. The second kappa shape index (κ2) is 5.87. The molecule has 4 nitrogen and oxygen atoms in total. The zero-order valence-corrected chi connectivity index (χ0v) is 10.9. The molecule has 0 radical (unpaired) electrons. The molecular weight excluding hydrogens is 226 g/mol.